The standard InChI is InChI=1S/C22H22FNO/c1-17(19-9-3-2-4-10-19)24-15-18-8-7-12-21(14-18)25-16-20-11-5-6-13-22(20)23/h2-14,17,24H,15-16H2,1H3/t17-/m0/s1. The third-order valence-electron chi connectivity index (χ3n) is 4.16. The van der Waals surface area contributed by atoms with Crippen LogP contribution in [0.4, 0.5) is 4.39 Å². The number of halogens is 1. The first-order chi connectivity index (χ1) is 12.2. The Labute approximate surface area is 148 Å². The quantitative estimate of drug-likeness (QED) is 0.636. The zero-order valence-corrected chi connectivity index (χ0v) is 14.3. The molecule has 2 nitrogen and oxygen atoms in total. The van der Waals surface area contributed by atoms with Crippen LogP contribution in [0.15, 0.2) is 78.9 Å². The lowest BCUT2D eigenvalue weighted by molar-refractivity contribution is 0.299. The molecule has 128 valence electrons. The van der Waals surface area contributed by atoms with Crippen molar-refractivity contribution < 1.29 is 9.13 Å². The molecule has 0 bridgehead atoms. The molecule has 3 aromatic carbocycles. The summed E-state index contributed by atoms with van der Waals surface area (Å²) in [7, 11) is 0. The first-order valence-corrected chi connectivity index (χ1v) is 8.46. The van der Waals surface area contributed by atoms with Crippen LogP contribution in [0.3, 0.4) is 0 Å². The van der Waals surface area contributed by atoms with E-state index in [-0.39, 0.29) is 18.5 Å². The van der Waals surface area contributed by atoms with Crippen LogP contribution in [0, 0.1) is 5.82 Å². The summed E-state index contributed by atoms with van der Waals surface area (Å²) in [5.41, 5.74) is 2.95. The summed E-state index contributed by atoms with van der Waals surface area (Å²) < 4.78 is 19.4. The van der Waals surface area contributed by atoms with E-state index < -0.39 is 0 Å². The maximum absolute atomic E-state index is 13.7. The van der Waals surface area contributed by atoms with E-state index in [2.05, 4.69) is 30.4 Å². The summed E-state index contributed by atoms with van der Waals surface area (Å²) in [6, 6.07) is 25.2. The van der Waals surface area contributed by atoms with Gasteiger partial charge >= 0.3 is 0 Å². The summed E-state index contributed by atoms with van der Waals surface area (Å²) in [5, 5.41) is 3.51. The van der Waals surface area contributed by atoms with Crippen LogP contribution in [0.1, 0.15) is 29.7 Å². The van der Waals surface area contributed by atoms with Gasteiger partial charge in [0, 0.05) is 18.2 Å². The fourth-order valence-electron chi connectivity index (χ4n) is 2.65. The van der Waals surface area contributed by atoms with E-state index in [0.29, 0.717) is 5.56 Å². The fourth-order valence-corrected chi connectivity index (χ4v) is 2.65. The van der Waals surface area contributed by atoms with Crippen molar-refractivity contribution in [3.8, 4) is 5.75 Å². The van der Waals surface area contributed by atoms with Gasteiger partial charge in [-0.25, -0.2) is 4.39 Å². The SMILES string of the molecule is C[C@H](NCc1cccc(OCc2ccccc2F)c1)c1ccccc1. The highest BCUT2D eigenvalue weighted by Crippen LogP contribution is 2.18. The Morgan fingerprint density at radius 3 is 2.48 bits per heavy atom. The Morgan fingerprint density at radius 2 is 1.68 bits per heavy atom. The van der Waals surface area contributed by atoms with Crippen LogP contribution < -0.4 is 10.1 Å². The van der Waals surface area contributed by atoms with Crippen molar-refractivity contribution in [2.45, 2.75) is 26.1 Å². The van der Waals surface area contributed by atoms with Crippen LogP contribution in [0.2, 0.25) is 0 Å². The average Bonchev–Trinajstić information content (AvgIpc) is 2.66. The highest BCUT2D eigenvalue weighted by Gasteiger charge is 2.05. The van der Waals surface area contributed by atoms with Gasteiger partial charge in [-0.15, -0.1) is 0 Å². The molecule has 0 aliphatic heterocycles. The van der Waals surface area contributed by atoms with E-state index in [4.69, 9.17) is 4.74 Å². The molecule has 0 saturated heterocycles. The van der Waals surface area contributed by atoms with Crippen LogP contribution in [-0.2, 0) is 13.2 Å². The second kappa shape index (κ2) is 8.45. The first kappa shape index (κ1) is 17.2. The van der Waals surface area contributed by atoms with Gasteiger partial charge in [0.1, 0.15) is 18.2 Å². The van der Waals surface area contributed by atoms with Crippen LogP contribution >= 0.6 is 0 Å². The number of rotatable bonds is 7. The molecule has 0 amide bonds. The molecular weight excluding hydrogens is 313 g/mol. The molecule has 0 heterocycles. The van der Waals surface area contributed by atoms with Gasteiger partial charge in [-0.2, -0.15) is 0 Å². The second-order valence-corrected chi connectivity index (χ2v) is 6.04. The Kier molecular flexibility index (Phi) is 5.81. The molecule has 25 heavy (non-hydrogen) atoms. The maximum atomic E-state index is 13.7. The molecule has 0 unspecified atom stereocenters. The zero-order chi connectivity index (χ0) is 17.5. The van der Waals surface area contributed by atoms with E-state index in [1.807, 2.05) is 42.5 Å². The number of benzene rings is 3. The average molecular weight is 335 g/mol. The van der Waals surface area contributed by atoms with Gasteiger partial charge in [0.25, 0.3) is 0 Å². The van der Waals surface area contributed by atoms with E-state index in [1.165, 1.54) is 11.6 Å². The lowest BCUT2D eigenvalue weighted by atomic mass is 10.1. The van der Waals surface area contributed by atoms with Crippen molar-refractivity contribution in [2.24, 2.45) is 0 Å². The lowest BCUT2D eigenvalue weighted by Gasteiger charge is -2.15. The highest BCUT2D eigenvalue weighted by molar-refractivity contribution is 5.29. The molecule has 0 aliphatic rings. The van der Waals surface area contributed by atoms with Gasteiger partial charge in [-0.05, 0) is 36.2 Å². The third-order valence-corrected chi connectivity index (χ3v) is 4.16. The minimum atomic E-state index is -0.239. The lowest BCUT2D eigenvalue weighted by Crippen LogP contribution is -2.17. The monoisotopic (exact) mass is 335 g/mol. The van der Waals surface area contributed by atoms with E-state index in [0.717, 1.165) is 17.9 Å². The molecule has 3 rings (SSSR count). The van der Waals surface area contributed by atoms with Crippen molar-refractivity contribution in [3.63, 3.8) is 0 Å². The number of hydrogen-bond donors (Lipinski definition) is 1. The molecular formula is C22H22FNO. The first-order valence-electron chi connectivity index (χ1n) is 8.46. The maximum Gasteiger partial charge on any atom is 0.129 e. The molecule has 0 radical (unpaired) electrons. The van der Waals surface area contributed by atoms with Gasteiger partial charge in [0.15, 0.2) is 0 Å². The van der Waals surface area contributed by atoms with Gasteiger partial charge in [-0.1, -0.05) is 60.7 Å². The predicted molar refractivity (Wildman–Crippen MR) is 98.9 cm³/mol. The molecule has 1 atom stereocenters. The summed E-state index contributed by atoms with van der Waals surface area (Å²) in [6.07, 6.45) is 0. The number of hydrogen-bond acceptors (Lipinski definition) is 2. The van der Waals surface area contributed by atoms with Crippen LogP contribution in [0.25, 0.3) is 0 Å². The Hall–Kier alpha value is -2.65. The molecule has 0 fully saturated rings. The smallest absolute Gasteiger partial charge is 0.129 e. The summed E-state index contributed by atoms with van der Waals surface area (Å²) in [5.74, 6) is 0.506. The van der Waals surface area contributed by atoms with Crippen LogP contribution in [-0.4, -0.2) is 0 Å². The normalized spacial score (nSPS) is 11.9. The summed E-state index contributed by atoms with van der Waals surface area (Å²) in [4.78, 5) is 0. The van der Waals surface area contributed by atoms with E-state index in [1.54, 1.807) is 12.1 Å². The topological polar surface area (TPSA) is 21.3 Å². The highest BCUT2D eigenvalue weighted by atomic mass is 19.1. The third kappa shape index (κ3) is 4.91. The van der Waals surface area contributed by atoms with Crippen molar-refractivity contribution >= 4 is 0 Å². The van der Waals surface area contributed by atoms with Crippen LogP contribution in [0.5, 0.6) is 5.75 Å². The molecule has 0 saturated carbocycles. The molecule has 0 aliphatic carbocycles. The van der Waals surface area contributed by atoms with Crippen molar-refractivity contribution in [1.29, 1.82) is 0 Å². The Morgan fingerprint density at radius 1 is 0.920 bits per heavy atom. The minimum absolute atomic E-state index is 0.226. The largest absolute Gasteiger partial charge is 0.489 e. The zero-order valence-electron chi connectivity index (χ0n) is 14.3. The summed E-state index contributed by atoms with van der Waals surface area (Å²) >= 11 is 0. The van der Waals surface area contributed by atoms with Crippen molar-refractivity contribution in [1.82, 2.24) is 5.32 Å². The van der Waals surface area contributed by atoms with Gasteiger partial charge in [0.2, 0.25) is 0 Å². The Bertz CT molecular complexity index is 804. The number of ether oxygens (including phenoxy) is 1. The van der Waals surface area contributed by atoms with Crippen molar-refractivity contribution in [3.05, 3.63) is 101 Å². The Balaban J connectivity index is 1.57. The summed E-state index contributed by atoms with van der Waals surface area (Å²) in [6.45, 7) is 3.12. The molecule has 1 N–H and O–H groups in total. The van der Waals surface area contributed by atoms with Gasteiger partial charge < -0.3 is 10.1 Å². The van der Waals surface area contributed by atoms with E-state index >= 15 is 0 Å². The van der Waals surface area contributed by atoms with Gasteiger partial charge in [-0.3, -0.25) is 0 Å². The predicted octanol–water partition coefficient (Wildman–Crippen LogP) is 5.26. The fraction of sp³-hybridized carbons (Fsp3) is 0.182. The van der Waals surface area contributed by atoms with Gasteiger partial charge in [0.05, 0.1) is 0 Å². The number of nitrogens with one attached hydrogen (secondary N) is 1. The molecule has 3 heteroatoms. The van der Waals surface area contributed by atoms with Crippen molar-refractivity contribution in [2.75, 3.05) is 0 Å². The molecule has 0 aromatic heterocycles. The minimum Gasteiger partial charge on any atom is -0.489 e. The molecule has 3 aromatic rings. The second-order valence-electron chi connectivity index (χ2n) is 6.04. The van der Waals surface area contributed by atoms with E-state index in [9.17, 15) is 4.39 Å². The molecule has 0 spiro atoms.